The number of piperidine rings is 1. The summed E-state index contributed by atoms with van der Waals surface area (Å²) in [6.45, 7) is 5.11. The van der Waals surface area contributed by atoms with Crippen LogP contribution in [0.1, 0.15) is 31.6 Å². The molecule has 6 nitrogen and oxygen atoms in total. The molecule has 0 spiro atoms. The van der Waals surface area contributed by atoms with E-state index in [9.17, 15) is 9.18 Å². The number of imidazole rings is 1. The van der Waals surface area contributed by atoms with Crippen LogP contribution in [0.3, 0.4) is 0 Å². The highest BCUT2D eigenvalue weighted by Gasteiger charge is 2.26. The van der Waals surface area contributed by atoms with Crippen LogP contribution in [0, 0.1) is 5.82 Å². The number of nitrogens with zero attached hydrogens (tertiary/aromatic N) is 3. The van der Waals surface area contributed by atoms with Crippen molar-refractivity contribution in [2.75, 3.05) is 26.2 Å². The summed E-state index contributed by atoms with van der Waals surface area (Å²) in [4.78, 5) is 17.8. The van der Waals surface area contributed by atoms with Crippen LogP contribution in [0.2, 0.25) is 0 Å². The number of likely N-dealkylation sites (tertiary alicyclic amines) is 1. The van der Waals surface area contributed by atoms with E-state index in [-0.39, 0.29) is 17.8 Å². The van der Waals surface area contributed by atoms with Gasteiger partial charge in [0.1, 0.15) is 18.2 Å². The van der Waals surface area contributed by atoms with Crippen molar-refractivity contribution in [3.8, 4) is 0 Å². The zero-order valence-corrected chi connectivity index (χ0v) is 14.4. The fourth-order valence-electron chi connectivity index (χ4n) is 3.84. The van der Waals surface area contributed by atoms with Crippen LogP contribution >= 0.6 is 0 Å². The second kappa shape index (κ2) is 6.72. The summed E-state index contributed by atoms with van der Waals surface area (Å²) in [5.41, 5.74) is 1.64. The minimum atomic E-state index is -0.268. The Balaban J connectivity index is 1.45. The summed E-state index contributed by atoms with van der Waals surface area (Å²) < 4.78 is 21.3. The first-order valence-corrected chi connectivity index (χ1v) is 8.85. The van der Waals surface area contributed by atoms with E-state index < -0.39 is 0 Å². The maximum absolute atomic E-state index is 13.5. The molecular weight excluding hydrogens is 323 g/mol. The smallest absolute Gasteiger partial charge is 0.219 e. The maximum atomic E-state index is 13.5. The fourth-order valence-corrected chi connectivity index (χ4v) is 3.84. The first kappa shape index (κ1) is 16.5. The molecule has 4 rings (SSSR count). The van der Waals surface area contributed by atoms with Gasteiger partial charge in [0.15, 0.2) is 0 Å². The van der Waals surface area contributed by atoms with E-state index >= 15 is 0 Å². The number of carbonyl (C=O) groups is 1. The number of hydrogen-bond donors (Lipinski definition) is 1. The second-order valence-corrected chi connectivity index (χ2v) is 6.89. The number of benzene rings is 1. The van der Waals surface area contributed by atoms with E-state index in [4.69, 9.17) is 4.74 Å². The molecule has 1 aromatic heterocycles. The molecular formula is C18H23FN4O2. The Morgan fingerprint density at radius 2 is 2.20 bits per heavy atom. The van der Waals surface area contributed by atoms with Crippen molar-refractivity contribution in [1.82, 2.24) is 19.8 Å². The molecule has 0 bridgehead atoms. The van der Waals surface area contributed by atoms with Crippen molar-refractivity contribution in [3.05, 3.63) is 29.8 Å². The molecule has 0 aliphatic carbocycles. The van der Waals surface area contributed by atoms with Crippen molar-refractivity contribution in [3.63, 3.8) is 0 Å². The van der Waals surface area contributed by atoms with Crippen molar-refractivity contribution in [2.45, 2.75) is 38.5 Å². The zero-order valence-electron chi connectivity index (χ0n) is 14.4. The standard InChI is InChI=1S/C18H23FN4O2/c1-12(24)22-6-4-14(5-7-22)20-9-15-10-25-11-18-21-16-8-13(19)2-3-17(16)23(15)18/h2-3,8,14-15,20H,4-7,9-11H2,1H3. The lowest BCUT2D eigenvalue weighted by molar-refractivity contribution is -0.129. The number of rotatable bonds is 3. The van der Waals surface area contributed by atoms with Crippen LogP contribution in [-0.4, -0.2) is 52.6 Å². The Bertz CT molecular complexity index is 783. The monoisotopic (exact) mass is 346 g/mol. The average molecular weight is 346 g/mol. The van der Waals surface area contributed by atoms with Gasteiger partial charge in [0.25, 0.3) is 0 Å². The second-order valence-electron chi connectivity index (χ2n) is 6.89. The Kier molecular flexibility index (Phi) is 4.43. The molecule has 1 aromatic carbocycles. The van der Waals surface area contributed by atoms with E-state index in [1.165, 1.54) is 12.1 Å². The Labute approximate surface area is 146 Å². The summed E-state index contributed by atoms with van der Waals surface area (Å²) >= 11 is 0. The molecule has 7 heteroatoms. The van der Waals surface area contributed by atoms with Gasteiger partial charge in [-0.2, -0.15) is 0 Å². The number of amides is 1. The van der Waals surface area contributed by atoms with E-state index in [1.54, 1.807) is 13.0 Å². The molecule has 1 fully saturated rings. The molecule has 2 aromatic rings. The third-order valence-corrected chi connectivity index (χ3v) is 5.21. The molecule has 0 saturated carbocycles. The Morgan fingerprint density at radius 3 is 2.96 bits per heavy atom. The summed E-state index contributed by atoms with van der Waals surface area (Å²) in [6.07, 6.45) is 1.94. The molecule has 1 unspecified atom stereocenters. The topological polar surface area (TPSA) is 59.4 Å². The van der Waals surface area contributed by atoms with Gasteiger partial charge in [-0.05, 0) is 25.0 Å². The predicted octanol–water partition coefficient (Wildman–Crippen LogP) is 1.85. The van der Waals surface area contributed by atoms with E-state index in [1.807, 2.05) is 4.90 Å². The first-order chi connectivity index (χ1) is 12.1. The number of carbonyl (C=O) groups excluding carboxylic acids is 1. The number of fused-ring (bicyclic) bond motifs is 3. The van der Waals surface area contributed by atoms with Gasteiger partial charge in [-0.25, -0.2) is 9.37 Å². The normalized spacial score (nSPS) is 21.5. The fraction of sp³-hybridized carbons (Fsp3) is 0.556. The van der Waals surface area contributed by atoms with Gasteiger partial charge in [-0.3, -0.25) is 4.79 Å². The molecule has 2 aliphatic rings. The molecule has 134 valence electrons. The molecule has 1 saturated heterocycles. The quantitative estimate of drug-likeness (QED) is 0.921. The molecule has 1 amide bonds. The van der Waals surface area contributed by atoms with E-state index in [0.29, 0.717) is 24.8 Å². The molecule has 25 heavy (non-hydrogen) atoms. The third kappa shape index (κ3) is 3.26. The van der Waals surface area contributed by atoms with Gasteiger partial charge in [0, 0.05) is 38.7 Å². The van der Waals surface area contributed by atoms with E-state index in [2.05, 4.69) is 14.9 Å². The number of aromatic nitrogens is 2. The van der Waals surface area contributed by atoms with Gasteiger partial charge in [0.05, 0.1) is 23.7 Å². The molecule has 1 N–H and O–H groups in total. The largest absolute Gasteiger partial charge is 0.371 e. The van der Waals surface area contributed by atoms with Gasteiger partial charge >= 0.3 is 0 Å². The highest BCUT2D eigenvalue weighted by molar-refractivity contribution is 5.76. The van der Waals surface area contributed by atoms with Crippen molar-refractivity contribution in [1.29, 1.82) is 0 Å². The average Bonchev–Trinajstić information content (AvgIpc) is 2.98. The van der Waals surface area contributed by atoms with Crippen molar-refractivity contribution >= 4 is 16.9 Å². The third-order valence-electron chi connectivity index (χ3n) is 5.21. The van der Waals surface area contributed by atoms with Crippen LogP contribution in [0.25, 0.3) is 11.0 Å². The van der Waals surface area contributed by atoms with Crippen LogP contribution in [0.4, 0.5) is 4.39 Å². The van der Waals surface area contributed by atoms with Crippen LogP contribution < -0.4 is 5.32 Å². The van der Waals surface area contributed by atoms with Gasteiger partial charge in [-0.15, -0.1) is 0 Å². The minimum Gasteiger partial charge on any atom is -0.371 e. The first-order valence-electron chi connectivity index (χ1n) is 8.85. The SMILES string of the molecule is CC(=O)N1CCC(NCC2COCc3nc4cc(F)ccc4n32)CC1. The summed E-state index contributed by atoms with van der Waals surface area (Å²) in [6, 6.07) is 5.31. The van der Waals surface area contributed by atoms with Crippen LogP contribution in [0.15, 0.2) is 18.2 Å². The molecule has 1 atom stereocenters. The lowest BCUT2D eigenvalue weighted by Crippen LogP contribution is -2.46. The van der Waals surface area contributed by atoms with Gasteiger partial charge in [-0.1, -0.05) is 0 Å². The lowest BCUT2D eigenvalue weighted by Gasteiger charge is -2.33. The number of nitrogens with one attached hydrogen (secondary N) is 1. The predicted molar refractivity (Wildman–Crippen MR) is 91.7 cm³/mol. The summed E-state index contributed by atoms with van der Waals surface area (Å²) in [7, 11) is 0. The van der Waals surface area contributed by atoms with Gasteiger partial charge in [0.2, 0.25) is 5.91 Å². The number of halogens is 1. The van der Waals surface area contributed by atoms with Crippen molar-refractivity contribution in [2.24, 2.45) is 0 Å². The molecule has 3 heterocycles. The number of hydrogen-bond acceptors (Lipinski definition) is 4. The highest BCUT2D eigenvalue weighted by Crippen LogP contribution is 2.26. The van der Waals surface area contributed by atoms with Gasteiger partial charge < -0.3 is 19.5 Å². The molecule has 2 aliphatic heterocycles. The highest BCUT2D eigenvalue weighted by atomic mass is 19.1. The van der Waals surface area contributed by atoms with Crippen molar-refractivity contribution < 1.29 is 13.9 Å². The summed E-state index contributed by atoms with van der Waals surface area (Å²) in [5.74, 6) is 0.738. The molecule has 0 radical (unpaired) electrons. The number of ether oxygens (including phenoxy) is 1. The van der Waals surface area contributed by atoms with Crippen LogP contribution in [0.5, 0.6) is 0 Å². The Hall–Kier alpha value is -1.99. The van der Waals surface area contributed by atoms with E-state index in [0.717, 1.165) is 43.8 Å². The maximum Gasteiger partial charge on any atom is 0.219 e. The minimum absolute atomic E-state index is 0.144. The summed E-state index contributed by atoms with van der Waals surface area (Å²) in [5, 5.41) is 3.62. The lowest BCUT2D eigenvalue weighted by atomic mass is 10.0. The zero-order chi connectivity index (χ0) is 17.4. The van der Waals surface area contributed by atoms with Crippen LogP contribution in [-0.2, 0) is 16.1 Å². The Morgan fingerprint density at radius 1 is 1.40 bits per heavy atom.